The molecule has 1 heterocycles. The summed E-state index contributed by atoms with van der Waals surface area (Å²) in [5.74, 6) is 0. The third kappa shape index (κ3) is 3.31. The first-order valence-corrected chi connectivity index (χ1v) is 8.83. The van der Waals surface area contributed by atoms with Gasteiger partial charge in [0.05, 0.1) is 17.4 Å². The Labute approximate surface area is 153 Å². The van der Waals surface area contributed by atoms with E-state index in [2.05, 4.69) is 60.5 Å². The smallest absolute Gasteiger partial charge is 0.0831 e. The monoisotopic (exact) mass is 346 g/mol. The van der Waals surface area contributed by atoms with Crippen molar-refractivity contribution < 1.29 is 0 Å². The van der Waals surface area contributed by atoms with Crippen LogP contribution in [0.3, 0.4) is 0 Å². The molecule has 3 aromatic rings. The number of aryl methyl sites for hydroxylation is 1. The number of nitrogens with zero attached hydrogens (tertiary/aromatic N) is 2. The van der Waals surface area contributed by atoms with E-state index in [1.807, 2.05) is 30.3 Å². The van der Waals surface area contributed by atoms with E-state index in [-0.39, 0.29) is 6.04 Å². The molecule has 0 aliphatic carbocycles. The van der Waals surface area contributed by atoms with E-state index in [0.29, 0.717) is 0 Å². The summed E-state index contributed by atoms with van der Waals surface area (Å²) >= 11 is 6.03. The lowest BCUT2D eigenvalue weighted by atomic mass is 9.97. The zero-order chi connectivity index (χ0) is 17.2. The highest BCUT2D eigenvalue weighted by Crippen LogP contribution is 2.36. The van der Waals surface area contributed by atoms with Crippen molar-refractivity contribution in [2.75, 3.05) is 5.01 Å². The van der Waals surface area contributed by atoms with Crippen LogP contribution < -0.4 is 5.01 Å². The van der Waals surface area contributed by atoms with E-state index in [4.69, 9.17) is 16.7 Å². The second kappa shape index (κ2) is 6.73. The normalized spacial score (nSPS) is 16.8. The molecule has 1 aliphatic rings. The van der Waals surface area contributed by atoms with Crippen LogP contribution in [-0.4, -0.2) is 5.71 Å². The summed E-state index contributed by atoms with van der Waals surface area (Å²) in [5.41, 5.74) is 5.87. The van der Waals surface area contributed by atoms with Crippen LogP contribution in [0.5, 0.6) is 0 Å². The molecule has 0 N–H and O–H groups in total. The lowest BCUT2D eigenvalue weighted by Gasteiger charge is -2.24. The SMILES string of the molecule is Cc1ccc([C@@H]2CC(c3ccc(Cl)cc3)=NN2c2ccccc2)cc1. The predicted molar refractivity (Wildman–Crippen MR) is 105 cm³/mol. The summed E-state index contributed by atoms with van der Waals surface area (Å²) in [6.45, 7) is 2.11. The van der Waals surface area contributed by atoms with Crippen molar-refractivity contribution in [1.82, 2.24) is 0 Å². The molecule has 0 spiro atoms. The molecule has 3 aromatic carbocycles. The lowest BCUT2D eigenvalue weighted by molar-refractivity contribution is 0.709. The molecule has 0 saturated carbocycles. The van der Waals surface area contributed by atoms with Gasteiger partial charge >= 0.3 is 0 Å². The Balaban J connectivity index is 1.73. The van der Waals surface area contributed by atoms with Crippen molar-refractivity contribution in [1.29, 1.82) is 0 Å². The number of para-hydroxylation sites is 1. The molecule has 4 rings (SSSR count). The molecule has 0 radical (unpaired) electrons. The average molecular weight is 347 g/mol. The Bertz CT molecular complexity index is 884. The second-order valence-corrected chi connectivity index (χ2v) is 6.80. The maximum atomic E-state index is 6.03. The van der Waals surface area contributed by atoms with Crippen molar-refractivity contribution in [3.63, 3.8) is 0 Å². The van der Waals surface area contributed by atoms with Crippen LogP contribution in [0.25, 0.3) is 0 Å². The highest BCUT2D eigenvalue weighted by atomic mass is 35.5. The molecule has 0 unspecified atom stereocenters. The van der Waals surface area contributed by atoms with Crippen LogP contribution in [0.2, 0.25) is 5.02 Å². The standard InChI is InChI=1S/C22H19ClN2/c1-16-7-9-18(10-8-16)22-15-21(17-11-13-19(23)14-12-17)24-25(22)20-5-3-2-4-6-20/h2-14,22H,15H2,1H3/t22-/m0/s1. The van der Waals surface area contributed by atoms with Crippen molar-refractivity contribution in [3.05, 3.63) is 101 Å². The molecule has 0 aromatic heterocycles. The van der Waals surface area contributed by atoms with E-state index in [9.17, 15) is 0 Å². The van der Waals surface area contributed by atoms with Gasteiger partial charge in [0.25, 0.3) is 0 Å². The zero-order valence-corrected chi connectivity index (χ0v) is 14.8. The molecule has 0 saturated heterocycles. The number of benzene rings is 3. The summed E-state index contributed by atoms with van der Waals surface area (Å²) < 4.78 is 0. The first-order chi connectivity index (χ1) is 12.2. The fraction of sp³-hybridized carbons (Fsp3) is 0.136. The van der Waals surface area contributed by atoms with Gasteiger partial charge in [-0.2, -0.15) is 5.10 Å². The first kappa shape index (κ1) is 15.9. The Kier molecular flexibility index (Phi) is 4.29. The summed E-state index contributed by atoms with van der Waals surface area (Å²) in [5, 5.41) is 7.83. The van der Waals surface area contributed by atoms with E-state index in [1.54, 1.807) is 0 Å². The van der Waals surface area contributed by atoms with Gasteiger partial charge in [-0.15, -0.1) is 0 Å². The topological polar surface area (TPSA) is 15.6 Å². The van der Waals surface area contributed by atoms with Gasteiger partial charge in [-0.05, 0) is 42.3 Å². The van der Waals surface area contributed by atoms with Gasteiger partial charge in [-0.25, -0.2) is 0 Å². The summed E-state index contributed by atoms with van der Waals surface area (Å²) in [6, 6.07) is 27.2. The highest BCUT2D eigenvalue weighted by Gasteiger charge is 2.29. The van der Waals surface area contributed by atoms with Gasteiger partial charge in [0.15, 0.2) is 0 Å². The Morgan fingerprint density at radius 3 is 2.24 bits per heavy atom. The van der Waals surface area contributed by atoms with Crippen LogP contribution in [0, 0.1) is 6.92 Å². The molecule has 0 amide bonds. The lowest BCUT2D eigenvalue weighted by Crippen LogP contribution is -2.18. The molecule has 25 heavy (non-hydrogen) atoms. The third-order valence-corrected chi connectivity index (χ3v) is 4.82. The van der Waals surface area contributed by atoms with Crippen LogP contribution in [-0.2, 0) is 0 Å². The van der Waals surface area contributed by atoms with Crippen LogP contribution in [0.15, 0.2) is 84.0 Å². The van der Waals surface area contributed by atoms with E-state index in [0.717, 1.165) is 28.4 Å². The number of hydrogen-bond acceptors (Lipinski definition) is 2. The Hall–Kier alpha value is -2.58. The van der Waals surface area contributed by atoms with Crippen LogP contribution in [0.4, 0.5) is 5.69 Å². The number of hydrogen-bond donors (Lipinski definition) is 0. The zero-order valence-electron chi connectivity index (χ0n) is 14.1. The maximum absolute atomic E-state index is 6.03. The number of halogens is 1. The van der Waals surface area contributed by atoms with Crippen molar-refractivity contribution >= 4 is 23.0 Å². The Morgan fingerprint density at radius 1 is 0.880 bits per heavy atom. The van der Waals surface area contributed by atoms with E-state index in [1.165, 1.54) is 11.1 Å². The van der Waals surface area contributed by atoms with Crippen molar-refractivity contribution in [2.24, 2.45) is 5.10 Å². The molecule has 0 fully saturated rings. The molecule has 124 valence electrons. The van der Waals surface area contributed by atoms with Gasteiger partial charge in [0.2, 0.25) is 0 Å². The quantitative estimate of drug-likeness (QED) is 0.567. The molecule has 1 atom stereocenters. The van der Waals surface area contributed by atoms with Gasteiger partial charge in [-0.1, -0.05) is 71.8 Å². The average Bonchev–Trinajstić information content (AvgIpc) is 3.09. The van der Waals surface area contributed by atoms with Gasteiger partial charge in [0.1, 0.15) is 0 Å². The van der Waals surface area contributed by atoms with Crippen molar-refractivity contribution in [2.45, 2.75) is 19.4 Å². The van der Waals surface area contributed by atoms with Gasteiger partial charge in [-0.3, -0.25) is 5.01 Å². The minimum atomic E-state index is 0.202. The molecular weight excluding hydrogens is 328 g/mol. The molecular formula is C22H19ClN2. The maximum Gasteiger partial charge on any atom is 0.0831 e. The largest absolute Gasteiger partial charge is 0.257 e. The number of anilines is 1. The second-order valence-electron chi connectivity index (χ2n) is 6.36. The molecule has 2 nitrogen and oxygen atoms in total. The molecule has 3 heteroatoms. The van der Waals surface area contributed by atoms with Gasteiger partial charge in [0, 0.05) is 11.4 Å². The first-order valence-electron chi connectivity index (χ1n) is 8.45. The molecule has 1 aliphatic heterocycles. The fourth-order valence-electron chi connectivity index (χ4n) is 3.19. The number of hydrazone groups is 1. The summed E-state index contributed by atoms with van der Waals surface area (Å²) in [4.78, 5) is 0. The van der Waals surface area contributed by atoms with E-state index < -0.39 is 0 Å². The van der Waals surface area contributed by atoms with Crippen LogP contribution >= 0.6 is 11.6 Å². The third-order valence-electron chi connectivity index (χ3n) is 4.57. The number of rotatable bonds is 3. The minimum absolute atomic E-state index is 0.202. The fourth-order valence-corrected chi connectivity index (χ4v) is 3.32. The minimum Gasteiger partial charge on any atom is -0.257 e. The predicted octanol–water partition coefficient (Wildman–Crippen LogP) is 6.00. The van der Waals surface area contributed by atoms with E-state index >= 15 is 0 Å². The molecule has 0 bridgehead atoms. The highest BCUT2D eigenvalue weighted by molar-refractivity contribution is 6.30. The summed E-state index contributed by atoms with van der Waals surface area (Å²) in [6.07, 6.45) is 0.875. The van der Waals surface area contributed by atoms with Crippen molar-refractivity contribution in [3.8, 4) is 0 Å². The summed E-state index contributed by atoms with van der Waals surface area (Å²) in [7, 11) is 0. The van der Waals surface area contributed by atoms with Gasteiger partial charge < -0.3 is 0 Å². The Morgan fingerprint density at radius 2 is 1.56 bits per heavy atom. The van der Waals surface area contributed by atoms with Crippen LogP contribution in [0.1, 0.15) is 29.2 Å².